The number of ether oxygens (including phenoxy) is 1. The molecule has 168 valence electrons. The Morgan fingerprint density at radius 2 is 1.55 bits per heavy atom. The van der Waals surface area contributed by atoms with Crippen LogP contribution < -0.4 is 15.5 Å². The van der Waals surface area contributed by atoms with E-state index in [9.17, 15) is 26.4 Å². The molecule has 0 aromatic heterocycles. The molecule has 1 aliphatic heterocycles. The number of hydrogen-bond donors (Lipinski definition) is 3. The van der Waals surface area contributed by atoms with Crippen LogP contribution in [0.5, 0.6) is 11.5 Å². The van der Waals surface area contributed by atoms with Crippen LogP contribution in [0.3, 0.4) is 0 Å². The van der Waals surface area contributed by atoms with E-state index < -0.39 is 26.0 Å². The highest BCUT2D eigenvalue weighted by Crippen LogP contribution is 2.38. The second-order valence-corrected chi connectivity index (χ2v) is 10.2. The Labute approximate surface area is 180 Å². The normalized spacial score (nSPS) is 16.5. The quantitative estimate of drug-likeness (QED) is 0.333. The Bertz CT molecular complexity index is 1020. The van der Waals surface area contributed by atoms with Crippen molar-refractivity contribution in [3.05, 3.63) is 48.5 Å². The number of nitrogens with one attached hydrogen (secondary N) is 2. The lowest BCUT2D eigenvalue weighted by Crippen LogP contribution is -2.57. The number of hydroxylamine groups is 1. The van der Waals surface area contributed by atoms with Gasteiger partial charge in [-0.3, -0.25) is 10.0 Å². The molecular formula is C19H19F3N2O5S2. The predicted molar refractivity (Wildman–Crippen MR) is 107 cm³/mol. The van der Waals surface area contributed by atoms with Crippen molar-refractivity contribution in [2.24, 2.45) is 0 Å². The van der Waals surface area contributed by atoms with Gasteiger partial charge in [-0.1, -0.05) is 0 Å². The van der Waals surface area contributed by atoms with Crippen LogP contribution in [0.4, 0.5) is 13.2 Å². The van der Waals surface area contributed by atoms with E-state index in [-0.39, 0.29) is 45.9 Å². The summed E-state index contributed by atoms with van der Waals surface area (Å²) >= 11 is -0.240. The van der Waals surface area contributed by atoms with Crippen LogP contribution in [0.25, 0.3) is 0 Å². The number of rotatable bonds is 6. The molecule has 0 aliphatic carbocycles. The molecule has 3 N–H and O–H groups in total. The molecule has 1 amide bonds. The molecule has 0 saturated carbocycles. The van der Waals surface area contributed by atoms with Gasteiger partial charge in [0.2, 0.25) is 0 Å². The van der Waals surface area contributed by atoms with Gasteiger partial charge in [-0.2, -0.15) is 13.2 Å². The summed E-state index contributed by atoms with van der Waals surface area (Å²) in [7, 11) is -4.12. The minimum Gasteiger partial charge on any atom is -0.457 e. The van der Waals surface area contributed by atoms with E-state index in [0.29, 0.717) is 13.1 Å². The third-order valence-corrected chi connectivity index (χ3v) is 8.12. The number of amides is 1. The molecular weight excluding hydrogens is 457 g/mol. The van der Waals surface area contributed by atoms with Crippen molar-refractivity contribution in [1.82, 2.24) is 10.8 Å². The van der Waals surface area contributed by atoms with Gasteiger partial charge < -0.3 is 10.1 Å². The van der Waals surface area contributed by atoms with Crippen molar-refractivity contribution in [3.8, 4) is 11.5 Å². The van der Waals surface area contributed by atoms with Gasteiger partial charge in [0.15, 0.2) is 14.6 Å². The van der Waals surface area contributed by atoms with E-state index in [2.05, 4.69) is 5.32 Å². The largest absolute Gasteiger partial charge is 0.457 e. The van der Waals surface area contributed by atoms with Gasteiger partial charge in [0.05, 0.1) is 4.90 Å². The van der Waals surface area contributed by atoms with Crippen molar-refractivity contribution in [2.75, 3.05) is 13.1 Å². The summed E-state index contributed by atoms with van der Waals surface area (Å²) in [5.74, 6) is -0.441. The number of carbonyl (C=O) groups excluding carboxylic acids is 1. The first-order valence-corrected chi connectivity index (χ1v) is 11.4. The third kappa shape index (κ3) is 5.14. The highest BCUT2D eigenvalue weighted by Gasteiger charge is 2.51. The van der Waals surface area contributed by atoms with Gasteiger partial charge in [0.25, 0.3) is 5.91 Å². The van der Waals surface area contributed by atoms with Crippen molar-refractivity contribution in [2.45, 2.75) is 32.9 Å². The third-order valence-electron chi connectivity index (χ3n) is 4.87. The van der Waals surface area contributed by atoms with E-state index in [4.69, 9.17) is 9.94 Å². The first-order chi connectivity index (χ1) is 14.6. The number of alkyl halides is 3. The standard InChI is InChI=1S/C19H19F3N2O5S2/c20-19(21,22)30-15-5-1-13(2-6-15)29-14-3-7-16(8-4-14)31(27,28)18(17(25)24-26)9-11-23-12-10-18/h1-8,23,26H,9-12H2,(H,24,25). The second kappa shape index (κ2) is 9.07. The smallest absolute Gasteiger partial charge is 0.446 e. The first-order valence-electron chi connectivity index (χ1n) is 9.11. The predicted octanol–water partition coefficient (Wildman–Crippen LogP) is 3.49. The zero-order chi connectivity index (χ0) is 22.7. The molecule has 0 bridgehead atoms. The van der Waals surface area contributed by atoms with Gasteiger partial charge in [-0.25, -0.2) is 13.9 Å². The Kier molecular flexibility index (Phi) is 6.84. The zero-order valence-corrected chi connectivity index (χ0v) is 17.6. The van der Waals surface area contributed by atoms with Crippen LogP contribution in [-0.2, 0) is 14.6 Å². The molecule has 1 fully saturated rings. The number of benzene rings is 2. The SMILES string of the molecule is O=C(NO)C1(S(=O)(=O)c2ccc(Oc3ccc(SC(F)(F)F)cc3)cc2)CCNCC1. The lowest BCUT2D eigenvalue weighted by atomic mass is 9.96. The topological polar surface area (TPSA) is 105 Å². The van der Waals surface area contributed by atoms with E-state index in [0.717, 1.165) is 0 Å². The molecule has 0 atom stereocenters. The fourth-order valence-electron chi connectivity index (χ4n) is 3.31. The van der Waals surface area contributed by atoms with Gasteiger partial charge in [-0.05, 0) is 86.2 Å². The number of carbonyl (C=O) groups is 1. The van der Waals surface area contributed by atoms with Gasteiger partial charge in [0.1, 0.15) is 11.5 Å². The van der Waals surface area contributed by atoms with Gasteiger partial charge >= 0.3 is 5.51 Å². The Balaban J connectivity index is 1.78. The fourth-order valence-corrected chi connectivity index (χ4v) is 5.82. The van der Waals surface area contributed by atoms with Crippen LogP contribution in [0.15, 0.2) is 58.3 Å². The summed E-state index contributed by atoms with van der Waals surface area (Å²) in [4.78, 5) is 12.2. The van der Waals surface area contributed by atoms with Crippen LogP contribution >= 0.6 is 11.8 Å². The molecule has 0 radical (unpaired) electrons. The summed E-state index contributed by atoms with van der Waals surface area (Å²) < 4.78 is 67.3. The zero-order valence-electron chi connectivity index (χ0n) is 16.0. The number of hydrogen-bond acceptors (Lipinski definition) is 7. The average Bonchev–Trinajstić information content (AvgIpc) is 2.74. The summed E-state index contributed by atoms with van der Waals surface area (Å²) in [6, 6.07) is 10.6. The maximum absolute atomic E-state index is 13.2. The highest BCUT2D eigenvalue weighted by molar-refractivity contribution is 8.00. The molecule has 2 aromatic rings. The molecule has 1 saturated heterocycles. The van der Waals surface area contributed by atoms with Crippen LogP contribution in [0.1, 0.15) is 12.8 Å². The molecule has 3 rings (SSSR count). The van der Waals surface area contributed by atoms with Crippen molar-refractivity contribution < 1.29 is 36.3 Å². The highest BCUT2D eigenvalue weighted by atomic mass is 32.2. The lowest BCUT2D eigenvalue weighted by molar-refractivity contribution is -0.132. The lowest BCUT2D eigenvalue weighted by Gasteiger charge is -2.34. The number of halogens is 3. The maximum atomic E-state index is 13.2. The molecule has 12 heteroatoms. The summed E-state index contributed by atoms with van der Waals surface area (Å²) in [5.41, 5.74) is -2.92. The average molecular weight is 476 g/mol. The van der Waals surface area contributed by atoms with E-state index in [1.165, 1.54) is 54.0 Å². The Hall–Kier alpha value is -2.28. The summed E-state index contributed by atoms with van der Waals surface area (Å²) in [5, 5.41) is 12.1. The summed E-state index contributed by atoms with van der Waals surface area (Å²) in [6.45, 7) is 0.604. The number of piperidine rings is 1. The Morgan fingerprint density at radius 1 is 1.03 bits per heavy atom. The monoisotopic (exact) mass is 476 g/mol. The molecule has 31 heavy (non-hydrogen) atoms. The minimum absolute atomic E-state index is 0.00225. The van der Waals surface area contributed by atoms with Crippen molar-refractivity contribution >= 4 is 27.5 Å². The van der Waals surface area contributed by atoms with E-state index in [1.807, 2.05) is 0 Å². The maximum Gasteiger partial charge on any atom is 0.446 e. The molecule has 1 aliphatic rings. The Morgan fingerprint density at radius 3 is 2.03 bits per heavy atom. The second-order valence-electron chi connectivity index (χ2n) is 6.78. The van der Waals surface area contributed by atoms with Gasteiger partial charge in [0, 0.05) is 4.90 Å². The molecule has 7 nitrogen and oxygen atoms in total. The number of thioether (sulfide) groups is 1. The van der Waals surface area contributed by atoms with Crippen molar-refractivity contribution in [1.29, 1.82) is 0 Å². The number of sulfone groups is 1. The van der Waals surface area contributed by atoms with Crippen LogP contribution in [0.2, 0.25) is 0 Å². The molecule has 0 spiro atoms. The minimum atomic E-state index is -4.39. The van der Waals surface area contributed by atoms with Crippen LogP contribution in [-0.4, -0.2) is 42.9 Å². The molecule has 1 heterocycles. The molecule has 0 unspecified atom stereocenters. The fraction of sp³-hybridized carbons (Fsp3) is 0.316. The van der Waals surface area contributed by atoms with E-state index >= 15 is 0 Å². The van der Waals surface area contributed by atoms with Gasteiger partial charge in [-0.15, -0.1) is 0 Å². The summed E-state index contributed by atoms with van der Waals surface area (Å²) in [6.07, 6.45) is 0.00449. The first kappa shape index (κ1) is 23.4. The van der Waals surface area contributed by atoms with E-state index in [1.54, 1.807) is 0 Å². The van der Waals surface area contributed by atoms with Crippen molar-refractivity contribution in [3.63, 3.8) is 0 Å². The molecule has 2 aromatic carbocycles. The van der Waals surface area contributed by atoms with Crippen LogP contribution in [0, 0.1) is 0 Å².